The van der Waals surface area contributed by atoms with Crippen LogP contribution in [0.3, 0.4) is 0 Å². The van der Waals surface area contributed by atoms with Gasteiger partial charge in [-0.2, -0.15) is 0 Å². The molecule has 2 aliphatic rings. The van der Waals surface area contributed by atoms with Gasteiger partial charge in [0.15, 0.2) is 0 Å². The maximum Gasteiger partial charge on any atom is 0.147 e. The Kier molecular flexibility index (Phi) is 1.51. The molecule has 0 radical (unpaired) electrons. The van der Waals surface area contributed by atoms with Crippen molar-refractivity contribution in [1.82, 2.24) is 5.32 Å². The number of fused-ring (bicyclic) bond motifs is 1. The Balaban J connectivity index is 1.93. The lowest BCUT2D eigenvalue weighted by molar-refractivity contribution is 0.581. The second-order valence-corrected chi connectivity index (χ2v) is 5.93. The molecule has 0 aromatic rings. The first-order valence-corrected chi connectivity index (χ1v) is 6.02. The van der Waals surface area contributed by atoms with E-state index in [4.69, 9.17) is 0 Å². The van der Waals surface area contributed by atoms with Crippen LogP contribution in [0, 0.1) is 17.8 Å². The van der Waals surface area contributed by atoms with Crippen LogP contribution >= 0.6 is 0 Å². The van der Waals surface area contributed by atoms with Gasteiger partial charge in [-0.05, 0) is 30.8 Å². The van der Waals surface area contributed by atoms with Gasteiger partial charge in [0.2, 0.25) is 0 Å². The fourth-order valence-corrected chi connectivity index (χ4v) is 3.34. The number of rotatable bonds is 2. The van der Waals surface area contributed by atoms with Gasteiger partial charge >= 0.3 is 0 Å². The second-order valence-electron chi connectivity index (χ2n) is 3.74. The quantitative estimate of drug-likeness (QED) is 0.615. The maximum atomic E-state index is 10.9. The van der Waals surface area contributed by atoms with Gasteiger partial charge < -0.3 is 5.32 Å². The molecule has 3 nitrogen and oxygen atoms in total. The van der Waals surface area contributed by atoms with Crippen molar-refractivity contribution in [3.63, 3.8) is 0 Å². The molecule has 64 valence electrons. The summed E-state index contributed by atoms with van der Waals surface area (Å²) in [6, 6.07) is 0. The first-order valence-electron chi connectivity index (χ1n) is 3.96. The molecule has 1 saturated carbocycles. The highest BCUT2D eigenvalue weighted by atomic mass is 32.2. The van der Waals surface area contributed by atoms with Crippen molar-refractivity contribution in [3.05, 3.63) is 0 Å². The molecule has 1 aliphatic carbocycles. The summed E-state index contributed by atoms with van der Waals surface area (Å²) in [6.07, 6.45) is 1.33. The van der Waals surface area contributed by atoms with E-state index in [1.54, 1.807) is 0 Å². The minimum atomic E-state index is -2.73. The van der Waals surface area contributed by atoms with Crippen LogP contribution in [0.15, 0.2) is 0 Å². The zero-order valence-corrected chi connectivity index (χ0v) is 7.39. The van der Waals surface area contributed by atoms with Gasteiger partial charge in [-0.1, -0.05) is 0 Å². The van der Waals surface area contributed by atoms with Crippen LogP contribution < -0.4 is 5.32 Å². The summed E-state index contributed by atoms with van der Waals surface area (Å²) < 4.78 is 21.8. The Hall–Kier alpha value is -0.0900. The van der Waals surface area contributed by atoms with E-state index in [0.29, 0.717) is 23.5 Å². The summed E-state index contributed by atoms with van der Waals surface area (Å²) in [6.45, 7) is 2.07. The standard InChI is InChI=1S/C7H13NO2S/c1-11(9,10)4-7-5-2-8-3-6(5)7/h5-8H,2-4H2,1H3/t5-,6+,7+. The molecule has 1 heterocycles. The molecular formula is C7H13NO2S. The van der Waals surface area contributed by atoms with Crippen molar-refractivity contribution in [3.8, 4) is 0 Å². The Bertz CT molecular complexity index is 250. The molecule has 2 fully saturated rings. The smallest absolute Gasteiger partial charge is 0.147 e. The van der Waals surface area contributed by atoms with Gasteiger partial charge in [-0.3, -0.25) is 0 Å². The van der Waals surface area contributed by atoms with Crippen LogP contribution in [0.5, 0.6) is 0 Å². The molecule has 0 bridgehead atoms. The molecule has 1 saturated heterocycles. The number of hydrogen-bond acceptors (Lipinski definition) is 3. The van der Waals surface area contributed by atoms with Gasteiger partial charge in [0, 0.05) is 6.26 Å². The monoisotopic (exact) mass is 175 g/mol. The third-order valence-electron chi connectivity index (χ3n) is 2.76. The van der Waals surface area contributed by atoms with Crippen LogP contribution in [-0.2, 0) is 9.84 Å². The highest BCUT2D eigenvalue weighted by molar-refractivity contribution is 7.90. The van der Waals surface area contributed by atoms with Gasteiger partial charge in [-0.25, -0.2) is 8.42 Å². The Morgan fingerprint density at radius 3 is 2.36 bits per heavy atom. The third kappa shape index (κ3) is 1.42. The van der Waals surface area contributed by atoms with E-state index in [2.05, 4.69) is 5.32 Å². The Labute approximate surface area is 67.1 Å². The number of sulfone groups is 1. The van der Waals surface area contributed by atoms with E-state index in [9.17, 15) is 8.42 Å². The van der Waals surface area contributed by atoms with Crippen LogP contribution in [0.2, 0.25) is 0 Å². The average molecular weight is 175 g/mol. The van der Waals surface area contributed by atoms with E-state index in [0.717, 1.165) is 13.1 Å². The van der Waals surface area contributed by atoms with Crippen molar-refractivity contribution in [1.29, 1.82) is 0 Å². The van der Waals surface area contributed by atoms with E-state index in [-0.39, 0.29) is 0 Å². The number of piperidine rings is 1. The fraction of sp³-hybridized carbons (Fsp3) is 1.00. The van der Waals surface area contributed by atoms with Crippen molar-refractivity contribution < 1.29 is 8.42 Å². The minimum absolute atomic E-state index is 0.407. The first kappa shape index (κ1) is 7.55. The normalized spacial score (nSPS) is 42.1. The SMILES string of the molecule is CS(=O)(=O)C[C@H]1[C@@H]2CNC[C@@H]21. The summed E-state index contributed by atoms with van der Waals surface area (Å²) >= 11 is 0. The molecular weight excluding hydrogens is 162 g/mol. The summed E-state index contributed by atoms with van der Waals surface area (Å²) in [5.74, 6) is 2.23. The van der Waals surface area contributed by atoms with E-state index in [1.165, 1.54) is 6.26 Å². The predicted octanol–water partition coefficient (Wildman–Crippen LogP) is -0.504. The minimum Gasteiger partial charge on any atom is -0.316 e. The second kappa shape index (κ2) is 2.20. The number of hydrogen-bond donors (Lipinski definition) is 1. The largest absolute Gasteiger partial charge is 0.316 e. The molecule has 11 heavy (non-hydrogen) atoms. The molecule has 0 unspecified atom stereocenters. The lowest BCUT2D eigenvalue weighted by atomic mass is 10.3. The zero-order valence-electron chi connectivity index (χ0n) is 6.58. The molecule has 0 amide bonds. The average Bonchev–Trinajstić information content (AvgIpc) is 2.39. The lowest BCUT2D eigenvalue weighted by Gasteiger charge is -2.01. The van der Waals surface area contributed by atoms with Crippen LogP contribution in [0.25, 0.3) is 0 Å². The van der Waals surface area contributed by atoms with Crippen molar-refractivity contribution in [2.75, 3.05) is 25.1 Å². The highest BCUT2D eigenvalue weighted by Gasteiger charge is 2.53. The molecule has 1 aliphatic heterocycles. The molecule has 3 atom stereocenters. The molecule has 0 aromatic carbocycles. The predicted molar refractivity (Wildman–Crippen MR) is 43.1 cm³/mol. The van der Waals surface area contributed by atoms with E-state index >= 15 is 0 Å². The molecule has 0 spiro atoms. The van der Waals surface area contributed by atoms with Crippen molar-refractivity contribution in [2.45, 2.75) is 0 Å². The summed E-state index contributed by atoms with van der Waals surface area (Å²) in [4.78, 5) is 0. The van der Waals surface area contributed by atoms with Crippen molar-refractivity contribution in [2.24, 2.45) is 17.8 Å². The van der Waals surface area contributed by atoms with Crippen LogP contribution in [0.1, 0.15) is 0 Å². The molecule has 2 rings (SSSR count). The maximum absolute atomic E-state index is 10.9. The first-order chi connectivity index (χ1) is 5.08. The molecule has 0 aromatic heterocycles. The van der Waals surface area contributed by atoms with Crippen LogP contribution in [0.4, 0.5) is 0 Å². The highest BCUT2D eigenvalue weighted by Crippen LogP contribution is 2.49. The zero-order chi connectivity index (χ0) is 8.06. The van der Waals surface area contributed by atoms with Gasteiger partial charge in [0.05, 0.1) is 5.75 Å². The van der Waals surface area contributed by atoms with E-state index < -0.39 is 9.84 Å². The Morgan fingerprint density at radius 2 is 1.91 bits per heavy atom. The molecule has 1 N–H and O–H groups in total. The topological polar surface area (TPSA) is 46.2 Å². The number of nitrogens with one attached hydrogen (secondary N) is 1. The van der Waals surface area contributed by atoms with E-state index in [1.807, 2.05) is 0 Å². The lowest BCUT2D eigenvalue weighted by Crippen LogP contribution is -2.18. The van der Waals surface area contributed by atoms with Gasteiger partial charge in [0.1, 0.15) is 9.84 Å². The summed E-state index contributed by atoms with van der Waals surface area (Å²) in [5, 5.41) is 3.24. The molecule has 4 heteroatoms. The van der Waals surface area contributed by atoms with Gasteiger partial charge in [0.25, 0.3) is 0 Å². The van der Waals surface area contributed by atoms with Gasteiger partial charge in [-0.15, -0.1) is 0 Å². The fourth-order valence-electron chi connectivity index (χ4n) is 2.14. The summed E-state index contributed by atoms with van der Waals surface area (Å²) in [7, 11) is -2.73. The van der Waals surface area contributed by atoms with Crippen molar-refractivity contribution >= 4 is 9.84 Å². The Morgan fingerprint density at radius 1 is 1.36 bits per heavy atom. The van der Waals surface area contributed by atoms with Crippen LogP contribution in [-0.4, -0.2) is 33.5 Å². The third-order valence-corrected chi connectivity index (χ3v) is 3.75. The summed E-state index contributed by atoms with van der Waals surface area (Å²) in [5.41, 5.74) is 0.